The van der Waals surface area contributed by atoms with Crippen molar-refractivity contribution in [2.24, 2.45) is 0 Å². The van der Waals surface area contributed by atoms with Crippen LogP contribution in [-0.4, -0.2) is 7.05 Å². The molecule has 2 nitrogen and oxygen atoms in total. The summed E-state index contributed by atoms with van der Waals surface area (Å²) in [4.78, 5) is 0. The van der Waals surface area contributed by atoms with Gasteiger partial charge >= 0.3 is 0 Å². The average Bonchev–Trinajstić information content (AvgIpc) is 2.80. The highest BCUT2D eigenvalue weighted by Gasteiger charge is 2.17. The summed E-state index contributed by atoms with van der Waals surface area (Å²) in [6, 6.07) is 6.35. The van der Waals surface area contributed by atoms with Crippen LogP contribution in [0.1, 0.15) is 22.7 Å². The average molecular weight is 359 g/mol. The van der Waals surface area contributed by atoms with E-state index in [1.54, 1.807) is 12.5 Å². The molecule has 0 saturated carbocycles. The van der Waals surface area contributed by atoms with Crippen molar-refractivity contribution in [2.75, 3.05) is 7.05 Å². The first-order chi connectivity index (χ1) is 8.13. The third kappa shape index (κ3) is 2.64. The molecule has 0 aliphatic rings. The highest BCUT2D eigenvalue weighted by atomic mass is 79.9. The number of rotatable bonds is 3. The van der Waals surface area contributed by atoms with E-state index in [2.05, 4.69) is 56.2 Å². The monoisotopic (exact) mass is 357 g/mol. The molecule has 0 saturated heterocycles. The van der Waals surface area contributed by atoms with Crippen molar-refractivity contribution < 1.29 is 4.42 Å². The molecule has 1 atom stereocenters. The molecule has 17 heavy (non-hydrogen) atoms. The van der Waals surface area contributed by atoms with Gasteiger partial charge in [0.15, 0.2) is 0 Å². The second kappa shape index (κ2) is 5.38. The van der Waals surface area contributed by atoms with Crippen LogP contribution < -0.4 is 5.32 Å². The largest absolute Gasteiger partial charge is 0.472 e. The molecular weight excluding hydrogens is 346 g/mol. The predicted molar refractivity (Wildman–Crippen MR) is 76.2 cm³/mol. The van der Waals surface area contributed by atoms with Crippen LogP contribution in [0, 0.1) is 6.92 Å². The Morgan fingerprint density at radius 3 is 2.59 bits per heavy atom. The van der Waals surface area contributed by atoms with E-state index in [4.69, 9.17) is 4.42 Å². The lowest BCUT2D eigenvalue weighted by Gasteiger charge is -2.18. The van der Waals surface area contributed by atoms with Gasteiger partial charge in [0.05, 0.1) is 18.6 Å². The molecule has 1 heterocycles. The molecule has 4 heteroatoms. The lowest BCUT2D eigenvalue weighted by atomic mass is 10.0. The van der Waals surface area contributed by atoms with Gasteiger partial charge in [-0.25, -0.2) is 0 Å². The first kappa shape index (κ1) is 12.9. The minimum atomic E-state index is 0.125. The molecule has 1 aromatic heterocycles. The number of halogens is 2. The van der Waals surface area contributed by atoms with Gasteiger partial charge in [-0.05, 0) is 43.3 Å². The van der Waals surface area contributed by atoms with E-state index in [1.165, 1.54) is 11.1 Å². The molecule has 90 valence electrons. The summed E-state index contributed by atoms with van der Waals surface area (Å²) in [7, 11) is 1.94. The van der Waals surface area contributed by atoms with Crippen molar-refractivity contribution in [2.45, 2.75) is 13.0 Å². The fourth-order valence-electron chi connectivity index (χ4n) is 1.82. The highest BCUT2D eigenvalue weighted by molar-refractivity contribution is 9.11. The predicted octanol–water partition coefficient (Wildman–Crippen LogP) is 4.42. The molecule has 1 N–H and O–H groups in total. The van der Waals surface area contributed by atoms with Crippen LogP contribution in [0.3, 0.4) is 0 Å². The Hall–Kier alpha value is -0.580. The molecule has 0 aliphatic heterocycles. The molecule has 1 aromatic carbocycles. The standard InChI is InChI=1S/C13H13Br2NO/c1-8-5-12(15)10(6-11(8)14)13(16-2)9-3-4-17-7-9/h3-7,13,16H,1-2H3. The number of nitrogens with one attached hydrogen (secondary N) is 1. The summed E-state index contributed by atoms with van der Waals surface area (Å²) in [5, 5.41) is 3.30. The van der Waals surface area contributed by atoms with Crippen molar-refractivity contribution in [3.05, 3.63) is 56.4 Å². The van der Waals surface area contributed by atoms with Crippen molar-refractivity contribution in [1.82, 2.24) is 5.32 Å². The van der Waals surface area contributed by atoms with Crippen molar-refractivity contribution in [3.8, 4) is 0 Å². The van der Waals surface area contributed by atoms with Crippen LogP contribution in [-0.2, 0) is 0 Å². The third-order valence-electron chi connectivity index (χ3n) is 2.75. The number of hydrogen-bond donors (Lipinski definition) is 1. The molecule has 2 aromatic rings. The van der Waals surface area contributed by atoms with Gasteiger partial charge < -0.3 is 9.73 Å². The normalized spacial score (nSPS) is 12.7. The van der Waals surface area contributed by atoms with Crippen LogP contribution >= 0.6 is 31.9 Å². The molecule has 2 rings (SSSR count). The van der Waals surface area contributed by atoms with Crippen LogP contribution in [0.25, 0.3) is 0 Å². The van der Waals surface area contributed by atoms with Gasteiger partial charge in [0.1, 0.15) is 0 Å². The van der Waals surface area contributed by atoms with Gasteiger partial charge in [-0.1, -0.05) is 31.9 Å². The topological polar surface area (TPSA) is 25.2 Å². The zero-order valence-electron chi connectivity index (χ0n) is 9.63. The van der Waals surface area contributed by atoms with Gasteiger partial charge in [-0.15, -0.1) is 0 Å². The van der Waals surface area contributed by atoms with Crippen LogP contribution in [0.5, 0.6) is 0 Å². The third-order valence-corrected chi connectivity index (χ3v) is 4.30. The first-order valence-corrected chi connectivity index (χ1v) is 6.87. The van der Waals surface area contributed by atoms with Crippen LogP contribution in [0.2, 0.25) is 0 Å². The maximum absolute atomic E-state index is 5.15. The van der Waals surface area contributed by atoms with Gasteiger partial charge in [0.2, 0.25) is 0 Å². The lowest BCUT2D eigenvalue weighted by molar-refractivity contribution is 0.557. The summed E-state index contributed by atoms with van der Waals surface area (Å²) in [5.41, 5.74) is 3.51. The quantitative estimate of drug-likeness (QED) is 0.878. The molecule has 0 radical (unpaired) electrons. The van der Waals surface area contributed by atoms with E-state index >= 15 is 0 Å². The molecule has 0 amide bonds. The molecule has 0 bridgehead atoms. The van der Waals surface area contributed by atoms with E-state index in [1.807, 2.05) is 13.1 Å². The van der Waals surface area contributed by atoms with Gasteiger partial charge in [0, 0.05) is 14.5 Å². The summed E-state index contributed by atoms with van der Waals surface area (Å²) in [5.74, 6) is 0. The summed E-state index contributed by atoms with van der Waals surface area (Å²) in [6.45, 7) is 2.07. The van der Waals surface area contributed by atoms with E-state index in [9.17, 15) is 0 Å². The van der Waals surface area contributed by atoms with E-state index < -0.39 is 0 Å². The van der Waals surface area contributed by atoms with Gasteiger partial charge in [-0.3, -0.25) is 0 Å². The Morgan fingerprint density at radius 2 is 2.00 bits per heavy atom. The second-order valence-electron chi connectivity index (χ2n) is 3.90. The minimum absolute atomic E-state index is 0.125. The Morgan fingerprint density at radius 1 is 1.24 bits per heavy atom. The van der Waals surface area contributed by atoms with Crippen LogP contribution in [0.15, 0.2) is 44.1 Å². The van der Waals surface area contributed by atoms with E-state index in [-0.39, 0.29) is 6.04 Å². The zero-order chi connectivity index (χ0) is 12.4. The SMILES string of the molecule is CNC(c1ccoc1)c1cc(Br)c(C)cc1Br. The van der Waals surface area contributed by atoms with Gasteiger partial charge in [0.25, 0.3) is 0 Å². The second-order valence-corrected chi connectivity index (χ2v) is 5.61. The molecule has 0 fully saturated rings. The van der Waals surface area contributed by atoms with Gasteiger partial charge in [-0.2, -0.15) is 0 Å². The first-order valence-electron chi connectivity index (χ1n) is 5.28. The van der Waals surface area contributed by atoms with E-state index in [0.29, 0.717) is 0 Å². The van der Waals surface area contributed by atoms with Crippen LogP contribution in [0.4, 0.5) is 0 Å². The fourth-order valence-corrected chi connectivity index (χ4v) is 2.87. The fraction of sp³-hybridized carbons (Fsp3) is 0.231. The van der Waals surface area contributed by atoms with Crippen molar-refractivity contribution >= 4 is 31.9 Å². The number of hydrogen-bond acceptors (Lipinski definition) is 2. The Bertz CT molecular complexity index is 508. The maximum atomic E-state index is 5.15. The Balaban J connectivity index is 2.48. The lowest BCUT2D eigenvalue weighted by Crippen LogP contribution is -2.17. The summed E-state index contributed by atoms with van der Waals surface area (Å²) >= 11 is 7.19. The molecule has 1 unspecified atom stereocenters. The summed E-state index contributed by atoms with van der Waals surface area (Å²) in [6.07, 6.45) is 3.46. The van der Waals surface area contributed by atoms with Crippen molar-refractivity contribution in [3.63, 3.8) is 0 Å². The number of furan rings is 1. The number of aryl methyl sites for hydroxylation is 1. The van der Waals surface area contributed by atoms with E-state index in [0.717, 1.165) is 14.5 Å². The smallest absolute Gasteiger partial charge is 0.0953 e. The maximum Gasteiger partial charge on any atom is 0.0953 e. The van der Waals surface area contributed by atoms with Crippen molar-refractivity contribution in [1.29, 1.82) is 0 Å². The number of benzene rings is 1. The molecule has 0 aliphatic carbocycles. The summed E-state index contributed by atoms with van der Waals surface area (Å²) < 4.78 is 7.35. The minimum Gasteiger partial charge on any atom is -0.472 e. The zero-order valence-corrected chi connectivity index (χ0v) is 12.8. The molecular formula is C13H13Br2NO. The molecule has 0 spiro atoms. The highest BCUT2D eigenvalue weighted by Crippen LogP contribution is 2.32. The Kier molecular flexibility index (Phi) is 4.07. The Labute approximate surface area is 118 Å².